The van der Waals surface area contributed by atoms with Crippen molar-refractivity contribution in [3.8, 4) is 33.4 Å². The monoisotopic (exact) mass is 601 g/mol. The standard InChI is InChI=1S/C40H28BrN/c1-25-10-3-8-17-39(25)42-26(2)27-11-9-12-28(22-27)29-18-20-37-33(23-29)31-13-4-6-15-35(31)40(37)36-16-7-5-14-32(36)34-24-30(41)19-21-38(34)40/h3-24H,1-2H3. The Morgan fingerprint density at radius 2 is 1.14 bits per heavy atom. The highest BCUT2D eigenvalue weighted by Crippen LogP contribution is 2.63. The molecule has 6 aromatic carbocycles. The molecule has 1 atom stereocenters. The molecule has 0 N–H and O–H groups in total. The molecule has 2 aliphatic rings. The summed E-state index contributed by atoms with van der Waals surface area (Å²) in [6.07, 6.45) is 0. The van der Waals surface area contributed by atoms with Crippen LogP contribution in [0.2, 0.25) is 0 Å². The Morgan fingerprint density at radius 3 is 1.88 bits per heavy atom. The van der Waals surface area contributed by atoms with E-state index in [0.29, 0.717) is 0 Å². The lowest BCUT2D eigenvalue weighted by atomic mass is 9.70. The first-order valence-electron chi connectivity index (χ1n) is 14.4. The third kappa shape index (κ3) is 3.58. The van der Waals surface area contributed by atoms with Gasteiger partial charge in [-0.2, -0.15) is 0 Å². The van der Waals surface area contributed by atoms with Gasteiger partial charge in [-0.1, -0.05) is 119 Å². The number of nitrogens with zero attached hydrogens (tertiary/aromatic N) is 1. The first-order valence-corrected chi connectivity index (χ1v) is 15.2. The number of benzene rings is 6. The van der Waals surface area contributed by atoms with Crippen LogP contribution in [0.5, 0.6) is 0 Å². The van der Waals surface area contributed by atoms with E-state index in [1.54, 1.807) is 0 Å². The Balaban J connectivity index is 1.30. The quantitative estimate of drug-likeness (QED) is 0.178. The van der Waals surface area contributed by atoms with Gasteiger partial charge in [-0.15, -0.1) is 0 Å². The maximum absolute atomic E-state index is 4.96. The van der Waals surface area contributed by atoms with Crippen LogP contribution in [0.25, 0.3) is 33.4 Å². The first-order chi connectivity index (χ1) is 20.6. The summed E-state index contributed by atoms with van der Waals surface area (Å²) < 4.78 is 1.11. The number of rotatable bonds is 3. The summed E-state index contributed by atoms with van der Waals surface area (Å²) in [5.74, 6) is 0. The summed E-state index contributed by atoms with van der Waals surface area (Å²) in [7, 11) is 0. The van der Waals surface area contributed by atoms with Gasteiger partial charge in [0.1, 0.15) is 0 Å². The van der Waals surface area contributed by atoms with Gasteiger partial charge in [0.15, 0.2) is 0 Å². The molecule has 1 spiro atoms. The molecule has 42 heavy (non-hydrogen) atoms. The smallest absolute Gasteiger partial charge is 0.0725 e. The van der Waals surface area contributed by atoms with E-state index in [0.717, 1.165) is 21.4 Å². The van der Waals surface area contributed by atoms with E-state index in [2.05, 4.69) is 157 Å². The lowest BCUT2D eigenvalue weighted by Crippen LogP contribution is -2.25. The lowest BCUT2D eigenvalue weighted by Gasteiger charge is -2.30. The summed E-state index contributed by atoms with van der Waals surface area (Å²) in [6, 6.07) is 48.9. The molecule has 8 rings (SSSR count). The molecule has 1 unspecified atom stereocenters. The minimum absolute atomic E-state index is 0.324. The van der Waals surface area contributed by atoms with Crippen molar-refractivity contribution in [3.05, 3.63) is 171 Å². The molecule has 6 aromatic rings. The maximum Gasteiger partial charge on any atom is 0.0725 e. The molecule has 0 radical (unpaired) electrons. The molecule has 0 heterocycles. The van der Waals surface area contributed by atoms with Crippen molar-refractivity contribution in [2.75, 3.05) is 0 Å². The zero-order valence-corrected chi connectivity index (χ0v) is 25.1. The van der Waals surface area contributed by atoms with Gasteiger partial charge in [-0.25, -0.2) is 0 Å². The summed E-state index contributed by atoms with van der Waals surface area (Å²) in [4.78, 5) is 4.96. The Kier molecular flexibility index (Phi) is 5.70. The van der Waals surface area contributed by atoms with Crippen molar-refractivity contribution in [1.82, 2.24) is 0 Å². The molecule has 0 bridgehead atoms. The predicted octanol–water partition coefficient (Wildman–Crippen LogP) is 10.9. The fourth-order valence-corrected chi connectivity index (χ4v) is 7.52. The number of hydrogen-bond donors (Lipinski definition) is 0. The summed E-state index contributed by atoms with van der Waals surface area (Å²) in [5.41, 5.74) is 17.1. The molecule has 2 aliphatic carbocycles. The maximum atomic E-state index is 4.96. The minimum Gasteiger partial charge on any atom is -0.253 e. The number of hydrogen-bond acceptors (Lipinski definition) is 1. The van der Waals surface area contributed by atoms with Gasteiger partial charge < -0.3 is 0 Å². The molecule has 0 aromatic heterocycles. The van der Waals surface area contributed by atoms with E-state index in [1.807, 2.05) is 6.07 Å². The fraction of sp³-hybridized carbons (Fsp3) is 0.0750. The molecule has 1 nitrogen and oxygen atoms in total. The molecule has 0 aliphatic heterocycles. The highest BCUT2D eigenvalue weighted by Gasteiger charge is 2.51. The number of aliphatic imine (C=N–C) groups is 1. The highest BCUT2D eigenvalue weighted by atomic mass is 79.9. The van der Waals surface area contributed by atoms with E-state index in [-0.39, 0.29) is 5.41 Å². The van der Waals surface area contributed by atoms with Gasteiger partial charge in [0, 0.05) is 10.2 Å². The number of aryl methyl sites for hydroxylation is 1. The van der Waals surface area contributed by atoms with E-state index in [1.165, 1.54) is 61.2 Å². The van der Waals surface area contributed by atoms with Crippen LogP contribution in [0.15, 0.2) is 143 Å². The Morgan fingerprint density at radius 1 is 0.548 bits per heavy atom. The number of fused-ring (bicyclic) bond motifs is 10. The molecule has 0 fully saturated rings. The van der Waals surface area contributed by atoms with Gasteiger partial charge >= 0.3 is 0 Å². The van der Waals surface area contributed by atoms with E-state index >= 15 is 0 Å². The normalized spacial score (nSPS) is 16.2. The summed E-state index contributed by atoms with van der Waals surface area (Å²) in [6.45, 7) is 4.21. The van der Waals surface area contributed by atoms with Crippen LogP contribution >= 0.6 is 15.9 Å². The Hall–Kier alpha value is -4.53. The molecule has 2 heteroatoms. The molecule has 200 valence electrons. The van der Waals surface area contributed by atoms with Crippen LogP contribution in [0, 0.1) is 6.92 Å². The number of halogens is 1. The molecular formula is C40H28BrN. The van der Waals surface area contributed by atoms with Gasteiger partial charge in [-0.3, -0.25) is 4.99 Å². The average Bonchev–Trinajstić information content (AvgIpc) is 3.48. The fourth-order valence-electron chi connectivity index (χ4n) is 7.16. The largest absolute Gasteiger partial charge is 0.253 e. The lowest BCUT2D eigenvalue weighted by molar-refractivity contribution is 0.793. The van der Waals surface area contributed by atoms with Crippen molar-refractivity contribution in [2.24, 2.45) is 4.99 Å². The average molecular weight is 603 g/mol. The SMILES string of the molecule is CC(=Nc1ccccc1C)c1cccc(-c2ccc3c(c2)-c2ccccc2C32c3ccccc3-c3cc(Br)ccc32)c1. The minimum atomic E-state index is -0.324. The second kappa shape index (κ2) is 9.51. The van der Waals surface area contributed by atoms with Crippen molar-refractivity contribution in [3.63, 3.8) is 0 Å². The summed E-state index contributed by atoms with van der Waals surface area (Å²) in [5, 5.41) is 0. The van der Waals surface area contributed by atoms with Crippen LogP contribution in [-0.2, 0) is 5.41 Å². The van der Waals surface area contributed by atoms with Crippen LogP contribution in [0.4, 0.5) is 5.69 Å². The van der Waals surface area contributed by atoms with Crippen molar-refractivity contribution < 1.29 is 0 Å². The van der Waals surface area contributed by atoms with Crippen molar-refractivity contribution in [1.29, 1.82) is 0 Å². The second-order valence-corrected chi connectivity index (χ2v) is 12.3. The molecule has 0 saturated heterocycles. The Labute approximate surface area is 255 Å². The second-order valence-electron chi connectivity index (χ2n) is 11.4. The number of para-hydroxylation sites is 1. The van der Waals surface area contributed by atoms with Crippen LogP contribution in [-0.4, -0.2) is 5.71 Å². The van der Waals surface area contributed by atoms with E-state index in [4.69, 9.17) is 4.99 Å². The zero-order chi connectivity index (χ0) is 28.4. The highest BCUT2D eigenvalue weighted by molar-refractivity contribution is 9.10. The van der Waals surface area contributed by atoms with Crippen molar-refractivity contribution >= 4 is 27.3 Å². The third-order valence-electron chi connectivity index (χ3n) is 9.07. The molecule has 0 saturated carbocycles. The van der Waals surface area contributed by atoms with Gasteiger partial charge in [0.25, 0.3) is 0 Å². The summed E-state index contributed by atoms with van der Waals surface area (Å²) >= 11 is 3.74. The van der Waals surface area contributed by atoms with Crippen molar-refractivity contribution in [2.45, 2.75) is 19.3 Å². The van der Waals surface area contributed by atoms with Crippen LogP contribution < -0.4 is 0 Å². The predicted molar refractivity (Wildman–Crippen MR) is 179 cm³/mol. The Bertz CT molecular complexity index is 2080. The van der Waals surface area contributed by atoms with E-state index in [9.17, 15) is 0 Å². The first kappa shape index (κ1) is 25.2. The molecule has 0 amide bonds. The van der Waals surface area contributed by atoms with Gasteiger partial charge in [0.2, 0.25) is 0 Å². The van der Waals surface area contributed by atoms with Gasteiger partial charge in [-0.05, 0) is 111 Å². The zero-order valence-electron chi connectivity index (χ0n) is 23.5. The third-order valence-corrected chi connectivity index (χ3v) is 9.56. The van der Waals surface area contributed by atoms with Crippen LogP contribution in [0.1, 0.15) is 40.3 Å². The van der Waals surface area contributed by atoms with E-state index < -0.39 is 0 Å². The molecular weight excluding hydrogens is 574 g/mol. The van der Waals surface area contributed by atoms with Gasteiger partial charge in [0.05, 0.1) is 11.1 Å². The van der Waals surface area contributed by atoms with Crippen LogP contribution in [0.3, 0.4) is 0 Å². The topological polar surface area (TPSA) is 12.4 Å².